The Morgan fingerprint density at radius 2 is 1.66 bits per heavy atom. The predicted octanol–water partition coefficient (Wildman–Crippen LogP) is 5.35. The molecule has 2 aromatic carbocycles. The molecular weight excluding hydrogens is 362 g/mol. The lowest BCUT2D eigenvalue weighted by Crippen LogP contribution is -2.40. The van der Waals surface area contributed by atoms with Gasteiger partial charge in [0.2, 0.25) is 5.91 Å². The highest BCUT2D eigenvalue weighted by Gasteiger charge is 2.39. The number of amides is 1. The minimum atomic E-state index is -0.152. The van der Waals surface area contributed by atoms with Crippen LogP contribution in [0.15, 0.2) is 59.8 Å². The molecule has 4 heteroatoms. The number of benzene rings is 2. The predicted molar refractivity (Wildman–Crippen MR) is 114 cm³/mol. The third-order valence-corrected chi connectivity index (χ3v) is 6.01. The molecule has 1 heterocycles. The van der Waals surface area contributed by atoms with Gasteiger partial charge in [0.25, 0.3) is 0 Å². The Morgan fingerprint density at radius 3 is 2.28 bits per heavy atom. The van der Waals surface area contributed by atoms with Gasteiger partial charge >= 0.3 is 0 Å². The van der Waals surface area contributed by atoms with Crippen molar-refractivity contribution in [3.8, 4) is 5.75 Å². The quantitative estimate of drug-likeness (QED) is 0.708. The Hall–Kier alpha value is -2.88. The van der Waals surface area contributed by atoms with Crippen LogP contribution in [0.1, 0.15) is 62.5 Å². The number of ether oxygens (including phenoxy) is 1. The van der Waals surface area contributed by atoms with E-state index in [2.05, 4.69) is 38.1 Å². The summed E-state index contributed by atoms with van der Waals surface area (Å²) < 4.78 is 5.24. The second-order valence-corrected chi connectivity index (χ2v) is 8.14. The fourth-order valence-electron chi connectivity index (χ4n) is 4.42. The van der Waals surface area contributed by atoms with E-state index < -0.39 is 0 Å². The molecule has 0 saturated heterocycles. The minimum absolute atomic E-state index is 0.0431. The van der Waals surface area contributed by atoms with E-state index in [9.17, 15) is 9.59 Å². The summed E-state index contributed by atoms with van der Waals surface area (Å²) in [6.07, 6.45) is 2.41. The summed E-state index contributed by atoms with van der Waals surface area (Å²) >= 11 is 0. The van der Waals surface area contributed by atoms with Crippen LogP contribution < -0.4 is 9.64 Å². The molecule has 29 heavy (non-hydrogen) atoms. The van der Waals surface area contributed by atoms with Gasteiger partial charge in [-0.15, -0.1) is 0 Å². The molecular formula is C25H27NO3. The molecule has 1 unspecified atom stereocenters. The Kier molecular flexibility index (Phi) is 5.27. The number of Topliss-reactive ketones (excluding diaryl/α,β-unsaturated/α-hetero) is 1. The van der Waals surface area contributed by atoms with Gasteiger partial charge in [0.1, 0.15) is 5.75 Å². The fourth-order valence-corrected chi connectivity index (χ4v) is 4.42. The van der Waals surface area contributed by atoms with Crippen LogP contribution in [0.4, 0.5) is 5.69 Å². The molecule has 0 radical (unpaired) electrons. The summed E-state index contributed by atoms with van der Waals surface area (Å²) in [5, 5.41) is 0. The van der Waals surface area contributed by atoms with Gasteiger partial charge in [-0.1, -0.05) is 38.1 Å². The van der Waals surface area contributed by atoms with Crippen molar-refractivity contribution in [1.82, 2.24) is 0 Å². The maximum Gasteiger partial charge on any atom is 0.232 e. The van der Waals surface area contributed by atoms with Crippen LogP contribution >= 0.6 is 0 Å². The van der Waals surface area contributed by atoms with Crippen LogP contribution in [0.2, 0.25) is 0 Å². The number of carbonyl (C=O) groups is 2. The lowest BCUT2D eigenvalue weighted by molar-refractivity contribution is -0.119. The average Bonchev–Trinajstić information content (AvgIpc) is 2.73. The van der Waals surface area contributed by atoms with Gasteiger partial charge in [-0.3, -0.25) is 14.5 Å². The van der Waals surface area contributed by atoms with Crippen LogP contribution in [-0.4, -0.2) is 18.8 Å². The van der Waals surface area contributed by atoms with Gasteiger partial charge in [-0.25, -0.2) is 0 Å². The molecule has 1 aliphatic heterocycles. The Morgan fingerprint density at radius 1 is 0.966 bits per heavy atom. The Labute approximate surface area is 172 Å². The molecule has 150 valence electrons. The molecule has 1 atom stereocenters. The number of methoxy groups -OCH3 is 1. The van der Waals surface area contributed by atoms with Gasteiger partial charge in [-0.2, -0.15) is 0 Å². The van der Waals surface area contributed by atoms with E-state index in [0.29, 0.717) is 18.8 Å². The van der Waals surface area contributed by atoms with Crippen molar-refractivity contribution in [2.45, 2.75) is 51.4 Å². The zero-order chi connectivity index (χ0) is 20.5. The summed E-state index contributed by atoms with van der Waals surface area (Å²) in [7, 11) is 1.62. The molecule has 0 bridgehead atoms. The molecule has 4 nitrogen and oxygen atoms in total. The van der Waals surface area contributed by atoms with Crippen LogP contribution in [0.25, 0.3) is 0 Å². The first kappa shape index (κ1) is 19.4. The molecule has 0 saturated carbocycles. The number of hydrogen-bond donors (Lipinski definition) is 0. The van der Waals surface area contributed by atoms with E-state index in [1.54, 1.807) is 12.0 Å². The zero-order valence-electron chi connectivity index (χ0n) is 17.3. The van der Waals surface area contributed by atoms with Crippen molar-refractivity contribution in [2.75, 3.05) is 12.0 Å². The summed E-state index contributed by atoms with van der Waals surface area (Å²) in [6.45, 7) is 4.33. The Bertz CT molecular complexity index is 955. The van der Waals surface area contributed by atoms with Crippen LogP contribution in [0.5, 0.6) is 5.75 Å². The summed E-state index contributed by atoms with van der Waals surface area (Å²) in [4.78, 5) is 27.9. The topological polar surface area (TPSA) is 46.6 Å². The molecule has 1 amide bonds. The molecule has 0 aromatic heterocycles. The van der Waals surface area contributed by atoms with Crippen molar-refractivity contribution in [3.05, 3.63) is 70.9 Å². The molecule has 0 N–H and O–H groups in total. The van der Waals surface area contributed by atoms with Gasteiger partial charge in [0, 0.05) is 35.7 Å². The summed E-state index contributed by atoms with van der Waals surface area (Å²) in [6, 6.07) is 15.9. The second kappa shape index (κ2) is 7.86. The fraction of sp³-hybridized carbons (Fsp3) is 0.360. The largest absolute Gasteiger partial charge is 0.497 e. The number of carbonyl (C=O) groups excluding carboxylic acids is 2. The van der Waals surface area contributed by atoms with E-state index >= 15 is 0 Å². The first-order valence-electron chi connectivity index (χ1n) is 10.3. The van der Waals surface area contributed by atoms with E-state index in [1.165, 1.54) is 5.56 Å². The second-order valence-electron chi connectivity index (χ2n) is 8.14. The first-order chi connectivity index (χ1) is 14.0. The zero-order valence-corrected chi connectivity index (χ0v) is 17.3. The molecule has 4 rings (SSSR count). The SMILES string of the molecule is COc1ccc(N2C(=O)CC(c3ccc(C(C)C)cc3)C3=C2CCCC3=O)cc1. The third-order valence-electron chi connectivity index (χ3n) is 6.01. The van der Waals surface area contributed by atoms with E-state index in [1.807, 2.05) is 24.3 Å². The number of anilines is 1. The number of rotatable bonds is 4. The maximum atomic E-state index is 13.2. The van der Waals surface area contributed by atoms with E-state index in [0.717, 1.165) is 41.1 Å². The van der Waals surface area contributed by atoms with Crippen molar-refractivity contribution in [2.24, 2.45) is 0 Å². The van der Waals surface area contributed by atoms with Gasteiger partial charge < -0.3 is 4.74 Å². The average molecular weight is 389 g/mol. The minimum Gasteiger partial charge on any atom is -0.497 e. The van der Waals surface area contributed by atoms with Gasteiger partial charge in [0.05, 0.1) is 7.11 Å². The number of allylic oxidation sites excluding steroid dienone is 2. The Balaban J connectivity index is 1.77. The summed E-state index contributed by atoms with van der Waals surface area (Å²) in [5.41, 5.74) is 4.82. The van der Waals surface area contributed by atoms with E-state index in [4.69, 9.17) is 4.74 Å². The molecule has 0 fully saturated rings. The van der Waals surface area contributed by atoms with Gasteiger partial charge in [0.15, 0.2) is 5.78 Å². The highest BCUT2D eigenvalue weighted by atomic mass is 16.5. The normalized spacial score (nSPS) is 19.6. The third kappa shape index (κ3) is 3.59. The number of ketones is 1. The molecule has 1 aliphatic carbocycles. The van der Waals surface area contributed by atoms with Crippen LogP contribution in [-0.2, 0) is 9.59 Å². The molecule has 0 spiro atoms. The first-order valence-corrected chi connectivity index (χ1v) is 10.3. The lowest BCUT2D eigenvalue weighted by Gasteiger charge is -2.38. The molecule has 2 aliphatic rings. The number of hydrogen-bond acceptors (Lipinski definition) is 3. The summed E-state index contributed by atoms with van der Waals surface area (Å²) in [5.74, 6) is 1.27. The maximum absolute atomic E-state index is 13.2. The van der Waals surface area contributed by atoms with Crippen molar-refractivity contribution >= 4 is 17.4 Å². The van der Waals surface area contributed by atoms with Crippen molar-refractivity contribution in [3.63, 3.8) is 0 Å². The standard InChI is InChI=1S/C25H27NO3/c1-16(2)17-7-9-18(10-8-17)21-15-24(28)26(19-11-13-20(29-3)14-12-19)22-5-4-6-23(27)25(21)22/h7-14,16,21H,4-6,15H2,1-3H3. The van der Waals surface area contributed by atoms with Crippen molar-refractivity contribution < 1.29 is 14.3 Å². The lowest BCUT2D eigenvalue weighted by atomic mass is 9.77. The van der Waals surface area contributed by atoms with E-state index in [-0.39, 0.29) is 17.6 Å². The van der Waals surface area contributed by atoms with Crippen molar-refractivity contribution in [1.29, 1.82) is 0 Å². The monoisotopic (exact) mass is 389 g/mol. The highest BCUT2D eigenvalue weighted by molar-refractivity contribution is 6.07. The highest BCUT2D eigenvalue weighted by Crippen LogP contribution is 2.43. The smallest absolute Gasteiger partial charge is 0.232 e. The van der Waals surface area contributed by atoms with Gasteiger partial charge in [-0.05, 0) is 54.2 Å². The number of nitrogens with zero attached hydrogens (tertiary/aromatic N) is 1. The molecule has 2 aromatic rings. The van der Waals surface area contributed by atoms with Crippen LogP contribution in [0, 0.1) is 0 Å². The van der Waals surface area contributed by atoms with Crippen LogP contribution in [0.3, 0.4) is 0 Å².